The number of thioether (sulfide) groups is 1. The van der Waals surface area contributed by atoms with Crippen LogP contribution in [0.25, 0.3) is 0 Å². The van der Waals surface area contributed by atoms with E-state index >= 15 is 0 Å². The lowest BCUT2D eigenvalue weighted by molar-refractivity contribution is -0.121. The molecule has 0 fully saturated rings. The minimum absolute atomic E-state index is 0.0217. The lowest BCUT2D eigenvalue weighted by Crippen LogP contribution is -2.37. The van der Waals surface area contributed by atoms with Crippen LogP contribution >= 0.6 is 23.4 Å². The van der Waals surface area contributed by atoms with Gasteiger partial charge < -0.3 is 5.32 Å². The van der Waals surface area contributed by atoms with E-state index in [4.69, 9.17) is 11.6 Å². The quantitative estimate of drug-likeness (QED) is 0.773. The van der Waals surface area contributed by atoms with Gasteiger partial charge >= 0.3 is 0 Å². The number of carbonyl (C=O) groups is 1. The zero-order valence-corrected chi connectivity index (χ0v) is 11.6. The fraction of sp³-hybridized carbons (Fsp3) is 0.462. The molecule has 4 heteroatoms. The molecule has 0 spiro atoms. The molecule has 1 unspecified atom stereocenters. The Hall–Kier alpha value is -0.670. The van der Waals surface area contributed by atoms with Crippen molar-refractivity contribution in [3.05, 3.63) is 35.9 Å². The molecule has 1 N–H and O–H groups in total. The Balaban J connectivity index is 2.41. The molecular formula is C13H18ClNOS. The summed E-state index contributed by atoms with van der Waals surface area (Å²) >= 11 is 7.55. The Morgan fingerprint density at radius 2 is 2.12 bits per heavy atom. The van der Waals surface area contributed by atoms with Crippen molar-refractivity contribution < 1.29 is 4.79 Å². The SMILES string of the molecule is CSCCC(=O)NC(CCl)Cc1ccccc1. The maximum atomic E-state index is 11.6. The molecule has 0 radical (unpaired) electrons. The average molecular weight is 272 g/mol. The Kier molecular flexibility index (Phi) is 7.13. The van der Waals surface area contributed by atoms with Gasteiger partial charge in [-0.3, -0.25) is 4.79 Å². The number of halogens is 1. The summed E-state index contributed by atoms with van der Waals surface area (Å²) in [7, 11) is 0. The van der Waals surface area contributed by atoms with Crippen molar-refractivity contribution in [2.75, 3.05) is 17.9 Å². The highest BCUT2D eigenvalue weighted by Crippen LogP contribution is 2.05. The molecule has 0 aliphatic carbocycles. The second-order valence-corrected chi connectivity index (χ2v) is 5.15. The zero-order chi connectivity index (χ0) is 12.5. The molecule has 17 heavy (non-hydrogen) atoms. The second kappa shape index (κ2) is 8.43. The molecule has 0 saturated carbocycles. The van der Waals surface area contributed by atoms with Crippen molar-refractivity contribution >= 4 is 29.3 Å². The van der Waals surface area contributed by atoms with Gasteiger partial charge in [0.15, 0.2) is 0 Å². The predicted octanol–water partition coefficient (Wildman–Crippen LogP) is 2.71. The van der Waals surface area contributed by atoms with Crippen LogP contribution in [-0.2, 0) is 11.2 Å². The number of hydrogen-bond donors (Lipinski definition) is 1. The monoisotopic (exact) mass is 271 g/mol. The maximum absolute atomic E-state index is 11.6. The van der Waals surface area contributed by atoms with E-state index in [1.807, 2.05) is 36.6 Å². The summed E-state index contributed by atoms with van der Waals surface area (Å²) in [5.41, 5.74) is 1.20. The fourth-order valence-corrected chi connectivity index (χ4v) is 2.11. The van der Waals surface area contributed by atoms with Gasteiger partial charge in [0, 0.05) is 24.1 Å². The van der Waals surface area contributed by atoms with Gasteiger partial charge in [-0.2, -0.15) is 11.8 Å². The molecule has 0 aromatic heterocycles. The van der Waals surface area contributed by atoms with Crippen LogP contribution in [0.5, 0.6) is 0 Å². The van der Waals surface area contributed by atoms with Crippen LogP contribution in [0.4, 0.5) is 0 Å². The van der Waals surface area contributed by atoms with Gasteiger partial charge in [-0.1, -0.05) is 30.3 Å². The summed E-state index contributed by atoms with van der Waals surface area (Å²) in [5, 5.41) is 2.97. The van der Waals surface area contributed by atoms with Gasteiger partial charge in [0.2, 0.25) is 5.91 Å². The van der Waals surface area contributed by atoms with Crippen LogP contribution in [0.15, 0.2) is 30.3 Å². The molecule has 0 aliphatic rings. The molecule has 1 aromatic carbocycles. The molecule has 2 nitrogen and oxygen atoms in total. The third-order valence-corrected chi connectivity index (χ3v) is 3.39. The Morgan fingerprint density at radius 1 is 1.41 bits per heavy atom. The van der Waals surface area contributed by atoms with Gasteiger partial charge in [0.05, 0.1) is 0 Å². The first-order valence-electron chi connectivity index (χ1n) is 5.64. The van der Waals surface area contributed by atoms with Crippen molar-refractivity contribution in [1.29, 1.82) is 0 Å². The Labute approximate surface area is 112 Å². The number of benzene rings is 1. The first-order chi connectivity index (χ1) is 8.26. The highest BCUT2D eigenvalue weighted by atomic mass is 35.5. The molecule has 0 saturated heterocycles. The van der Waals surface area contributed by atoms with Gasteiger partial charge in [0.25, 0.3) is 0 Å². The first-order valence-corrected chi connectivity index (χ1v) is 7.57. The van der Waals surface area contributed by atoms with E-state index in [2.05, 4.69) is 5.32 Å². The summed E-state index contributed by atoms with van der Waals surface area (Å²) in [6, 6.07) is 10.1. The average Bonchev–Trinajstić information content (AvgIpc) is 2.36. The smallest absolute Gasteiger partial charge is 0.221 e. The lowest BCUT2D eigenvalue weighted by atomic mass is 10.1. The van der Waals surface area contributed by atoms with Crippen molar-refractivity contribution in [3.8, 4) is 0 Å². The molecule has 1 amide bonds. The third-order valence-electron chi connectivity index (χ3n) is 2.41. The standard InChI is InChI=1S/C13H18ClNOS/c1-17-8-7-13(16)15-12(10-14)9-11-5-3-2-4-6-11/h2-6,12H,7-10H2,1H3,(H,15,16). The van der Waals surface area contributed by atoms with E-state index in [0.29, 0.717) is 12.3 Å². The van der Waals surface area contributed by atoms with E-state index in [-0.39, 0.29) is 11.9 Å². The third kappa shape index (κ3) is 5.99. The summed E-state index contributed by atoms with van der Waals surface area (Å²) < 4.78 is 0. The van der Waals surface area contributed by atoms with Gasteiger partial charge in [-0.15, -0.1) is 11.6 Å². The van der Waals surface area contributed by atoms with Crippen LogP contribution in [0.3, 0.4) is 0 Å². The van der Waals surface area contributed by atoms with Crippen LogP contribution in [-0.4, -0.2) is 29.8 Å². The van der Waals surface area contributed by atoms with E-state index in [0.717, 1.165) is 12.2 Å². The summed E-state index contributed by atoms with van der Waals surface area (Å²) in [6.45, 7) is 0. The molecule has 0 aliphatic heterocycles. The normalized spacial score (nSPS) is 12.1. The molecule has 94 valence electrons. The molecule has 1 atom stereocenters. The van der Waals surface area contributed by atoms with E-state index < -0.39 is 0 Å². The minimum atomic E-state index is 0.0217. The topological polar surface area (TPSA) is 29.1 Å². The molecule has 1 aromatic rings. The van der Waals surface area contributed by atoms with Gasteiger partial charge in [-0.05, 0) is 18.2 Å². The van der Waals surface area contributed by atoms with Crippen molar-refractivity contribution in [2.24, 2.45) is 0 Å². The van der Waals surface area contributed by atoms with E-state index in [9.17, 15) is 4.79 Å². The summed E-state index contributed by atoms with van der Waals surface area (Å²) in [5.74, 6) is 1.38. The second-order valence-electron chi connectivity index (χ2n) is 3.85. The number of amides is 1. The fourth-order valence-electron chi connectivity index (χ4n) is 1.54. The number of nitrogens with one attached hydrogen (secondary N) is 1. The Bertz CT molecular complexity index is 331. The van der Waals surface area contributed by atoms with Crippen molar-refractivity contribution in [3.63, 3.8) is 0 Å². The van der Waals surface area contributed by atoms with E-state index in [1.165, 1.54) is 5.56 Å². The van der Waals surface area contributed by atoms with Crippen molar-refractivity contribution in [1.82, 2.24) is 5.32 Å². The minimum Gasteiger partial charge on any atom is -0.352 e. The zero-order valence-electron chi connectivity index (χ0n) is 9.99. The summed E-state index contributed by atoms with van der Waals surface area (Å²) in [4.78, 5) is 11.6. The highest BCUT2D eigenvalue weighted by Gasteiger charge is 2.11. The molecule has 0 bridgehead atoms. The Morgan fingerprint density at radius 3 is 2.71 bits per heavy atom. The highest BCUT2D eigenvalue weighted by molar-refractivity contribution is 7.98. The van der Waals surface area contributed by atoms with Crippen LogP contribution in [0, 0.1) is 0 Å². The van der Waals surface area contributed by atoms with Crippen LogP contribution in [0.1, 0.15) is 12.0 Å². The van der Waals surface area contributed by atoms with Crippen LogP contribution < -0.4 is 5.32 Å². The molecular weight excluding hydrogens is 254 g/mol. The number of rotatable bonds is 7. The van der Waals surface area contributed by atoms with Gasteiger partial charge in [-0.25, -0.2) is 0 Å². The largest absolute Gasteiger partial charge is 0.352 e. The lowest BCUT2D eigenvalue weighted by Gasteiger charge is -2.16. The summed E-state index contributed by atoms with van der Waals surface area (Å²) in [6.07, 6.45) is 3.34. The number of hydrogen-bond acceptors (Lipinski definition) is 2. The maximum Gasteiger partial charge on any atom is 0.221 e. The van der Waals surface area contributed by atoms with Crippen molar-refractivity contribution in [2.45, 2.75) is 18.9 Å². The number of carbonyl (C=O) groups excluding carboxylic acids is 1. The number of alkyl halides is 1. The van der Waals surface area contributed by atoms with E-state index in [1.54, 1.807) is 11.8 Å². The predicted molar refractivity (Wildman–Crippen MR) is 75.8 cm³/mol. The molecule has 0 heterocycles. The van der Waals surface area contributed by atoms with Crippen LogP contribution in [0.2, 0.25) is 0 Å². The molecule has 1 rings (SSSR count). The first kappa shape index (κ1) is 14.4. The van der Waals surface area contributed by atoms with Gasteiger partial charge in [0.1, 0.15) is 0 Å².